The lowest BCUT2D eigenvalue weighted by atomic mass is 10.2. The van der Waals surface area contributed by atoms with Gasteiger partial charge in [0.2, 0.25) is 5.88 Å². The van der Waals surface area contributed by atoms with Crippen LogP contribution in [0.1, 0.15) is 10.4 Å². The highest BCUT2D eigenvalue weighted by atomic mass is 32.1. The number of benzene rings is 1. The van der Waals surface area contributed by atoms with Crippen molar-refractivity contribution in [2.45, 2.75) is 6.92 Å². The third-order valence-electron chi connectivity index (χ3n) is 2.26. The number of aromatic hydroxyl groups is 1. The van der Waals surface area contributed by atoms with Gasteiger partial charge in [0.15, 0.2) is 0 Å². The fraction of sp³-hybridized carbons (Fsp3) is 0.0833. The number of amides is 2. The predicted molar refractivity (Wildman–Crippen MR) is 74.4 cm³/mol. The Balaban J connectivity index is 2.03. The van der Waals surface area contributed by atoms with Crippen LogP contribution in [-0.4, -0.2) is 22.3 Å². The van der Waals surface area contributed by atoms with Crippen LogP contribution in [0.2, 0.25) is 0 Å². The van der Waals surface area contributed by atoms with Crippen LogP contribution >= 0.6 is 11.3 Å². The summed E-state index contributed by atoms with van der Waals surface area (Å²) in [6.45, 7) is 1.94. The maximum atomic E-state index is 11.5. The van der Waals surface area contributed by atoms with Gasteiger partial charge >= 0.3 is 10.9 Å². The fourth-order valence-corrected chi connectivity index (χ4v) is 1.93. The molecule has 0 aliphatic rings. The summed E-state index contributed by atoms with van der Waals surface area (Å²) in [5.74, 6) is -0.290. The molecule has 1 aromatic carbocycles. The smallest absolute Gasteiger partial charge is 0.345 e. The van der Waals surface area contributed by atoms with E-state index in [1.807, 2.05) is 19.1 Å². The largest absolute Gasteiger partial charge is 0.493 e. The molecule has 0 bridgehead atoms. The van der Waals surface area contributed by atoms with E-state index in [0.29, 0.717) is 5.69 Å². The summed E-state index contributed by atoms with van der Waals surface area (Å²) in [5.41, 5.74) is 1.71. The average molecular weight is 277 g/mol. The van der Waals surface area contributed by atoms with E-state index < -0.39 is 10.9 Å². The molecule has 2 rings (SSSR count). The molecule has 19 heavy (non-hydrogen) atoms. The maximum absolute atomic E-state index is 11.5. The van der Waals surface area contributed by atoms with Gasteiger partial charge in [-0.05, 0) is 19.1 Å². The Kier molecular flexibility index (Phi) is 3.76. The number of aliphatic imine (C=N–C) groups is 1. The summed E-state index contributed by atoms with van der Waals surface area (Å²) in [5, 5.41) is 11.9. The number of rotatable bonds is 2. The molecule has 1 heterocycles. The molecule has 0 saturated carbocycles. The second-order valence-electron chi connectivity index (χ2n) is 3.78. The van der Waals surface area contributed by atoms with Crippen molar-refractivity contribution in [2.75, 3.05) is 5.32 Å². The maximum Gasteiger partial charge on any atom is 0.345 e. The van der Waals surface area contributed by atoms with E-state index in [9.17, 15) is 14.7 Å². The number of thiazole rings is 1. The first kappa shape index (κ1) is 13.0. The first-order valence-electron chi connectivity index (χ1n) is 5.38. The first-order chi connectivity index (χ1) is 9.04. The highest BCUT2D eigenvalue weighted by Gasteiger charge is 2.04. The number of aromatic nitrogens is 1. The van der Waals surface area contributed by atoms with Gasteiger partial charge in [-0.1, -0.05) is 29.0 Å². The molecule has 0 fully saturated rings. The minimum atomic E-state index is -0.580. The minimum Gasteiger partial charge on any atom is -0.493 e. The van der Waals surface area contributed by atoms with Crippen LogP contribution in [-0.2, 0) is 0 Å². The third-order valence-corrected chi connectivity index (χ3v) is 3.06. The lowest BCUT2D eigenvalue weighted by Gasteiger charge is -2.01. The second kappa shape index (κ2) is 5.49. The monoisotopic (exact) mass is 277 g/mol. The van der Waals surface area contributed by atoms with Crippen molar-refractivity contribution in [3.05, 3.63) is 44.4 Å². The lowest BCUT2D eigenvalue weighted by molar-refractivity contribution is 0.259. The summed E-state index contributed by atoms with van der Waals surface area (Å²) >= 11 is 0.774. The molecule has 0 atom stereocenters. The molecule has 2 aromatic rings. The molecular formula is C12H11N3O3S. The van der Waals surface area contributed by atoms with Gasteiger partial charge in [-0.25, -0.2) is 9.79 Å². The lowest BCUT2D eigenvalue weighted by Crippen LogP contribution is -2.06. The van der Waals surface area contributed by atoms with Gasteiger partial charge in [-0.15, -0.1) is 0 Å². The van der Waals surface area contributed by atoms with E-state index in [1.165, 1.54) is 0 Å². The van der Waals surface area contributed by atoms with Gasteiger partial charge in [0.05, 0.1) is 6.21 Å². The molecule has 0 saturated heterocycles. The summed E-state index contributed by atoms with van der Waals surface area (Å²) in [6.07, 6.45) is 1.14. The number of hydrogen-bond acceptors (Lipinski definition) is 4. The van der Waals surface area contributed by atoms with E-state index >= 15 is 0 Å². The van der Waals surface area contributed by atoms with Crippen LogP contribution in [0.3, 0.4) is 0 Å². The number of H-pyrrole nitrogens is 1. The predicted octanol–water partition coefficient (Wildman–Crippen LogP) is 2.10. The van der Waals surface area contributed by atoms with E-state index in [2.05, 4.69) is 15.3 Å². The van der Waals surface area contributed by atoms with Crippen LogP contribution in [0.25, 0.3) is 0 Å². The molecule has 2 amide bonds. The fourth-order valence-electron chi connectivity index (χ4n) is 1.33. The van der Waals surface area contributed by atoms with Gasteiger partial charge in [0.25, 0.3) is 0 Å². The average Bonchev–Trinajstić information content (AvgIpc) is 2.68. The molecule has 0 unspecified atom stereocenters. The molecule has 0 aliphatic heterocycles. The van der Waals surface area contributed by atoms with Crippen molar-refractivity contribution in [1.29, 1.82) is 0 Å². The Labute approximate surface area is 112 Å². The standard InChI is InChI=1S/C12H11N3O3S/c1-7-2-4-8(5-3-7)14-11(17)13-6-9-10(16)15-12(18)19-9/h2-6,16H,1H3,(H,14,17)(H,15,18). The normalized spacial score (nSPS) is 10.8. The van der Waals surface area contributed by atoms with E-state index in [4.69, 9.17) is 0 Å². The number of anilines is 1. The zero-order valence-electron chi connectivity index (χ0n) is 10.0. The van der Waals surface area contributed by atoms with Crippen molar-refractivity contribution in [2.24, 2.45) is 4.99 Å². The topological polar surface area (TPSA) is 94.5 Å². The van der Waals surface area contributed by atoms with Gasteiger partial charge in [-0.3, -0.25) is 9.78 Å². The summed E-state index contributed by atoms with van der Waals surface area (Å²) in [6, 6.07) is 6.67. The number of nitrogens with zero attached hydrogens (tertiary/aromatic N) is 1. The Morgan fingerprint density at radius 1 is 1.42 bits per heavy atom. The molecule has 3 N–H and O–H groups in total. The Hall–Kier alpha value is -2.41. The van der Waals surface area contributed by atoms with Gasteiger partial charge in [0, 0.05) is 5.69 Å². The van der Waals surface area contributed by atoms with Crippen LogP contribution in [0.4, 0.5) is 10.5 Å². The Morgan fingerprint density at radius 3 is 2.68 bits per heavy atom. The van der Waals surface area contributed by atoms with Crippen molar-refractivity contribution in [1.82, 2.24) is 4.98 Å². The number of aromatic amines is 1. The summed E-state index contributed by atoms with van der Waals surface area (Å²) in [4.78, 5) is 28.0. The van der Waals surface area contributed by atoms with E-state index in [1.54, 1.807) is 12.1 Å². The third kappa shape index (κ3) is 3.52. The van der Waals surface area contributed by atoms with Crippen LogP contribution in [0.5, 0.6) is 5.88 Å². The first-order valence-corrected chi connectivity index (χ1v) is 6.20. The van der Waals surface area contributed by atoms with Crippen molar-refractivity contribution in [3.8, 4) is 5.88 Å². The van der Waals surface area contributed by atoms with Crippen molar-refractivity contribution in [3.63, 3.8) is 0 Å². The van der Waals surface area contributed by atoms with Gasteiger partial charge in [-0.2, -0.15) is 0 Å². The number of aryl methyl sites for hydroxylation is 1. The summed E-state index contributed by atoms with van der Waals surface area (Å²) < 4.78 is 0. The highest BCUT2D eigenvalue weighted by Crippen LogP contribution is 2.13. The number of urea groups is 1. The number of carbonyl (C=O) groups excluding carboxylic acids is 1. The number of carbonyl (C=O) groups is 1. The molecule has 0 radical (unpaired) electrons. The SMILES string of the molecule is Cc1ccc(NC(=O)N=Cc2sc(=O)[nH]c2O)cc1. The quantitative estimate of drug-likeness (QED) is 0.734. The zero-order chi connectivity index (χ0) is 13.8. The molecule has 6 nitrogen and oxygen atoms in total. The van der Waals surface area contributed by atoms with Crippen molar-refractivity contribution >= 4 is 29.3 Å². The molecule has 0 aliphatic carbocycles. The van der Waals surface area contributed by atoms with E-state index in [0.717, 1.165) is 23.1 Å². The second-order valence-corrected chi connectivity index (χ2v) is 4.80. The van der Waals surface area contributed by atoms with Crippen LogP contribution in [0.15, 0.2) is 34.1 Å². The Morgan fingerprint density at radius 2 is 2.11 bits per heavy atom. The minimum absolute atomic E-state index is 0.212. The van der Waals surface area contributed by atoms with E-state index in [-0.39, 0.29) is 10.8 Å². The van der Waals surface area contributed by atoms with Gasteiger partial charge in [0.1, 0.15) is 4.88 Å². The highest BCUT2D eigenvalue weighted by molar-refractivity contribution is 7.11. The Bertz CT molecular complexity index is 670. The molecule has 7 heteroatoms. The molecule has 0 spiro atoms. The van der Waals surface area contributed by atoms with Crippen molar-refractivity contribution < 1.29 is 9.90 Å². The molecule has 98 valence electrons. The molecular weight excluding hydrogens is 266 g/mol. The number of hydrogen-bond donors (Lipinski definition) is 3. The number of nitrogens with one attached hydrogen (secondary N) is 2. The molecule has 1 aromatic heterocycles. The van der Waals surface area contributed by atoms with Crippen LogP contribution < -0.4 is 10.2 Å². The summed E-state index contributed by atoms with van der Waals surface area (Å²) in [7, 11) is 0. The van der Waals surface area contributed by atoms with Gasteiger partial charge < -0.3 is 10.4 Å². The van der Waals surface area contributed by atoms with Crippen LogP contribution in [0, 0.1) is 6.92 Å². The zero-order valence-corrected chi connectivity index (χ0v) is 10.8.